The predicted octanol–water partition coefficient (Wildman–Crippen LogP) is 3.84. The van der Waals surface area contributed by atoms with Crippen molar-refractivity contribution in [1.82, 2.24) is 10.2 Å². The van der Waals surface area contributed by atoms with E-state index in [1.165, 1.54) is 4.90 Å². The zero-order chi connectivity index (χ0) is 26.4. The molecule has 0 fully saturated rings. The zero-order valence-electron chi connectivity index (χ0n) is 21.0. The molecule has 10 heteroatoms. The fourth-order valence-corrected chi connectivity index (χ4v) is 4.40. The molecule has 0 aromatic heterocycles. The number of amides is 2. The highest BCUT2D eigenvalue weighted by atomic mass is 35.5. The molecule has 192 valence electrons. The molecule has 0 spiro atoms. The van der Waals surface area contributed by atoms with Crippen LogP contribution in [0.4, 0.5) is 5.69 Å². The Balaban J connectivity index is 2.40. The van der Waals surface area contributed by atoms with Gasteiger partial charge in [-0.1, -0.05) is 29.8 Å². The van der Waals surface area contributed by atoms with Gasteiger partial charge in [0.05, 0.1) is 18.6 Å². The van der Waals surface area contributed by atoms with E-state index in [2.05, 4.69) is 5.32 Å². The molecule has 0 saturated heterocycles. The SMILES string of the molecule is CCOc1ccc(N(CC(=O)N(Cc2ccccc2Cl)C(C)C(=O)NC(C)(C)C)S(C)(=O)=O)cc1. The molecule has 0 aliphatic heterocycles. The molecule has 0 heterocycles. The zero-order valence-corrected chi connectivity index (χ0v) is 22.6. The van der Waals surface area contributed by atoms with E-state index in [4.69, 9.17) is 16.3 Å². The first kappa shape index (κ1) is 28.5. The van der Waals surface area contributed by atoms with E-state index in [0.717, 1.165) is 10.6 Å². The summed E-state index contributed by atoms with van der Waals surface area (Å²) in [6.07, 6.45) is 1.03. The van der Waals surface area contributed by atoms with Crippen molar-refractivity contribution in [2.75, 3.05) is 23.7 Å². The highest BCUT2D eigenvalue weighted by molar-refractivity contribution is 7.92. The molecule has 0 saturated carbocycles. The lowest BCUT2D eigenvalue weighted by molar-refractivity contribution is -0.140. The Morgan fingerprint density at radius 2 is 1.69 bits per heavy atom. The number of benzene rings is 2. The summed E-state index contributed by atoms with van der Waals surface area (Å²) >= 11 is 6.32. The fourth-order valence-electron chi connectivity index (χ4n) is 3.36. The van der Waals surface area contributed by atoms with Crippen molar-refractivity contribution in [3.05, 3.63) is 59.1 Å². The van der Waals surface area contributed by atoms with Gasteiger partial charge in [-0.2, -0.15) is 0 Å². The summed E-state index contributed by atoms with van der Waals surface area (Å²) in [6.45, 7) is 9.01. The molecule has 1 N–H and O–H groups in total. The minimum absolute atomic E-state index is 0.0398. The van der Waals surface area contributed by atoms with Crippen LogP contribution in [-0.2, 0) is 26.2 Å². The second kappa shape index (κ2) is 11.8. The number of nitrogens with one attached hydrogen (secondary N) is 1. The average molecular weight is 524 g/mol. The molecular weight excluding hydrogens is 490 g/mol. The number of anilines is 1. The Hall–Kier alpha value is -2.78. The molecule has 1 atom stereocenters. The van der Waals surface area contributed by atoms with Crippen LogP contribution in [0.15, 0.2) is 48.5 Å². The Labute approximate surface area is 213 Å². The quantitative estimate of drug-likeness (QED) is 0.510. The lowest BCUT2D eigenvalue weighted by Gasteiger charge is -2.33. The van der Waals surface area contributed by atoms with E-state index in [1.807, 2.05) is 27.7 Å². The molecule has 0 radical (unpaired) electrons. The summed E-state index contributed by atoms with van der Waals surface area (Å²) in [5.74, 6) is -0.311. The Morgan fingerprint density at radius 1 is 1.09 bits per heavy atom. The number of sulfonamides is 1. The standard InChI is InChI=1S/C25H34ClN3O5S/c1-7-34-21-14-12-20(13-15-21)29(35(6,32)33)17-23(30)28(16-19-10-8-9-11-22(19)26)18(2)24(31)27-25(3,4)5/h8-15,18H,7,16-17H2,1-6H3,(H,27,31). The topological polar surface area (TPSA) is 96.0 Å². The van der Waals surface area contributed by atoms with Gasteiger partial charge in [0.15, 0.2) is 0 Å². The van der Waals surface area contributed by atoms with E-state index < -0.39 is 34.1 Å². The van der Waals surface area contributed by atoms with Gasteiger partial charge >= 0.3 is 0 Å². The van der Waals surface area contributed by atoms with Crippen molar-refractivity contribution in [2.24, 2.45) is 0 Å². The van der Waals surface area contributed by atoms with Gasteiger partial charge in [0.1, 0.15) is 18.3 Å². The van der Waals surface area contributed by atoms with E-state index >= 15 is 0 Å². The van der Waals surface area contributed by atoms with Crippen LogP contribution in [0.5, 0.6) is 5.75 Å². The molecule has 0 aliphatic carbocycles. The van der Waals surface area contributed by atoms with Crippen LogP contribution in [0, 0.1) is 0 Å². The number of rotatable bonds is 10. The van der Waals surface area contributed by atoms with E-state index in [-0.39, 0.29) is 12.5 Å². The third kappa shape index (κ3) is 8.43. The average Bonchev–Trinajstić information content (AvgIpc) is 2.75. The Bertz CT molecular complexity index is 1130. The number of hydrogen-bond donors (Lipinski definition) is 1. The fraction of sp³-hybridized carbons (Fsp3) is 0.440. The van der Waals surface area contributed by atoms with Crippen LogP contribution in [0.2, 0.25) is 5.02 Å². The largest absolute Gasteiger partial charge is 0.494 e. The van der Waals surface area contributed by atoms with Gasteiger partial charge in [-0.05, 0) is 70.5 Å². The number of carbonyl (C=O) groups is 2. The Kier molecular flexibility index (Phi) is 9.57. The minimum atomic E-state index is -3.81. The summed E-state index contributed by atoms with van der Waals surface area (Å²) in [5, 5.41) is 3.32. The molecule has 0 aliphatic rings. The van der Waals surface area contributed by atoms with Gasteiger partial charge in [0.25, 0.3) is 0 Å². The maximum absolute atomic E-state index is 13.5. The molecular formula is C25H34ClN3O5S. The molecule has 2 rings (SSSR count). The summed E-state index contributed by atoms with van der Waals surface area (Å²) in [6, 6.07) is 12.6. The lowest BCUT2D eigenvalue weighted by Crippen LogP contribution is -2.54. The third-order valence-corrected chi connectivity index (χ3v) is 6.59. The van der Waals surface area contributed by atoms with Crippen LogP contribution in [-0.4, -0.2) is 56.1 Å². The number of carbonyl (C=O) groups excluding carboxylic acids is 2. The van der Waals surface area contributed by atoms with Gasteiger partial charge in [-0.3, -0.25) is 13.9 Å². The maximum atomic E-state index is 13.5. The molecule has 2 aromatic carbocycles. The number of nitrogens with zero attached hydrogens (tertiary/aromatic N) is 2. The smallest absolute Gasteiger partial charge is 0.244 e. The second-order valence-electron chi connectivity index (χ2n) is 9.22. The molecule has 8 nitrogen and oxygen atoms in total. The normalized spacial score (nSPS) is 12.5. The monoisotopic (exact) mass is 523 g/mol. The minimum Gasteiger partial charge on any atom is -0.494 e. The van der Waals surface area contributed by atoms with E-state index in [1.54, 1.807) is 55.5 Å². The van der Waals surface area contributed by atoms with Crippen LogP contribution in [0.25, 0.3) is 0 Å². The van der Waals surface area contributed by atoms with Crippen molar-refractivity contribution in [3.63, 3.8) is 0 Å². The summed E-state index contributed by atoms with van der Waals surface area (Å²) < 4.78 is 31.7. The molecule has 2 aromatic rings. The van der Waals surface area contributed by atoms with E-state index in [0.29, 0.717) is 28.6 Å². The van der Waals surface area contributed by atoms with Crippen molar-refractivity contribution in [1.29, 1.82) is 0 Å². The highest BCUT2D eigenvalue weighted by Gasteiger charge is 2.31. The number of hydrogen-bond acceptors (Lipinski definition) is 5. The number of halogens is 1. The van der Waals surface area contributed by atoms with Crippen LogP contribution in [0.1, 0.15) is 40.2 Å². The van der Waals surface area contributed by atoms with Gasteiger partial charge in [0.2, 0.25) is 21.8 Å². The van der Waals surface area contributed by atoms with Gasteiger partial charge in [0, 0.05) is 17.1 Å². The van der Waals surface area contributed by atoms with Gasteiger partial charge in [-0.25, -0.2) is 8.42 Å². The van der Waals surface area contributed by atoms with Gasteiger partial charge in [-0.15, -0.1) is 0 Å². The van der Waals surface area contributed by atoms with Crippen LogP contribution in [0.3, 0.4) is 0 Å². The second-order valence-corrected chi connectivity index (χ2v) is 11.5. The molecule has 2 amide bonds. The first-order chi connectivity index (χ1) is 16.2. The van der Waals surface area contributed by atoms with E-state index in [9.17, 15) is 18.0 Å². The summed E-state index contributed by atoms with van der Waals surface area (Å²) in [5.41, 5.74) is 0.449. The van der Waals surface area contributed by atoms with Gasteiger partial charge < -0.3 is 15.0 Å². The van der Waals surface area contributed by atoms with Crippen molar-refractivity contribution >= 4 is 39.1 Å². The van der Waals surface area contributed by atoms with Crippen LogP contribution >= 0.6 is 11.6 Å². The predicted molar refractivity (Wildman–Crippen MR) is 139 cm³/mol. The highest BCUT2D eigenvalue weighted by Crippen LogP contribution is 2.23. The first-order valence-electron chi connectivity index (χ1n) is 11.3. The van der Waals surface area contributed by atoms with Crippen molar-refractivity contribution in [3.8, 4) is 5.75 Å². The van der Waals surface area contributed by atoms with Crippen molar-refractivity contribution in [2.45, 2.75) is 52.7 Å². The maximum Gasteiger partial charge on any atom is 0.244 e. The third-order valence-electron chi connectivity index (χ3n) is 5.08. The molecule has 0 bridgehead atoms. The summed E-state index contributed by atoms with van der Waals surface area (Å²) in [4.78, 5) is 27.8. The Morgan fingerprint density at radius 3 is 2.20 bits per heavy atom. The first-order valence-corrected chi connectivity index (χ1v) is 13.5. The summed E-state index contributed by atoms with van der Waals surface area (Å²) in [7, 11) is -3.81. The lowest BCUT2D eigenvalue weighted by atomic mass is 10.1. The molecule has 1 unspecified atom stereocenters. The molecule has 35 heavy (non-hydrogen) atoms. The number of ether oxygens (including phenoxy) is 1. The van der Waals surface area contributed by atoms with Crippen molar-refractivity contribution < 1.29 is 22.7 Å². The van der Waals surface area contributed by atoms with Crippen LogP contribution < -0.4 is 14.4 Å².